The van der Waals surface area contributed by atoms with E-state index >= 15 is 0 Å². The zero-order chi connectivity index (χ0) is 38.2. The van der Waals surface area contributed by atoms with Crippen molar-refractivity contribution < 1.29 is 46.8 Å². The minimum atomic E-state index is -1.04. The van der Waals surface area contributed by atoms with Crippen molar-refractivity contribution in [1.29, 1.82) is 0 Å². The van der Waals surface area contributed by atoms with Gasteiger partial charge in [-0.3, -0.25) is 19.9 Å². The first kappa shape index (κ1) is 40.8. The largest absolute Gasteiger partial charge is 0.693 e. The molecule has 0 spiro atoms. The second kappa shape index (κ2) is 18.8. The van der Waals surface area contributed by atoms with Gasteiger partial charge in [-0.2, -0.15) is 19.6 Å². The number of nitrogens with zero attached hydrogens (tertiary/aromatic N) is 7. The monoisotopic (exact) mass is 818 g/mol. The van der Waals surface area contributed by atoms with Crippen LogP contribution in [-0.2, 0) is 44.0 Å². The molecule has 16 heteroatoms. The summed E-state index contributed by atoms with van der Waals surface area (Å²) in [5.41, 5.74) is 11.9. The SMILES string of the molecule is C=C(F)C(=O)Nc1ccc2c(-c3ccccc3CNc3nc(NCC4CC[N-]CC4)nc4c(C(C)C)cnn34)nccc2c1.[NH-]c1ccccc1[N+](=O)[O-].[Y]. The summed E-state index contributed by atoms with van der Waals surface area (Å²) < 4.78 is 15.0. The number of nitro groups is 1. The van der Waals surface area contributed by atoms with E-state index in [0.29, 0.717) is 30.0 Å². The molecule has 1 aliphatic rings. The summed E-state index contributed by atoms with van der Waals surface area (Å²) in [6, 6.07) is 21.1. The topological polar surface area (TPSA) is 190 Å². The molecule has 4 heterocycles. The molecule has 3 aromatic carbocycles. The van der Waals surface area contributed by atoms with Crippen LogP contribution in [0, 0.1) is 16.0 Å². The number of anilines is 3. The average molecular weight is 819 g/mol. The van der Waals surface area contributed by atoms with E-state index in [0.717, 1.165) is 71.3 Å². The van der Waals surface area contributed by atoms with Crippen molar-refractivity contribution >= 4 is 51.3 Å². The Labute approximate surface area is 342 Å². The molecule has 1 amide bonds. The zero-order valence-electron chi connectivity index (χ0n) is 30.5. The fraction of sp³-hybridized carbons (Fsp3) is 0.256. The van der Waals surface area contributed by atoms with Crippen molar-refractivity contribution in [2.24, 2.45) is 5.92 Å². The molecule has 0 aliphatic carbocycles. The molecule has 55 heavy (non-hydrogen) atoms. The number of aromatic nitrogens is 5. The molecule has 1 radical (unpaired) electrons. The minimum absolute atomic E-state index is 0. The van der Waals surface area contributed by atoms with Gasteiger partial charge in [0.2, 0.25) is 11.9 Å². The Morgan fingerprint density at radius 3 is 2.53 bits per heavy atom. The molecule has 1 fully saturated rings. The molecule has 6 aromatic rings. The van der Waals surface area contributed by atoms with Crippen LogP contribution >= 0.6 is 0 Å². The van der Waals surface area contributed by atoms with Crippen molar-refractivity contribution in [3.8, 4) is 11.3 Å². The van der Waals surface area contributed by atoms with E-state index in [1.165, 1.54) is 18.2 Å². The standard InChI is InChI=1S/C33H35FN9O.C6H5N2O2.Y/c1-20(2)28-19-39-43-30(28)41-32(37-17-22-10-13-35-14-11-22)42-33(43)38-18-24-6-4-5-7-26(24)29-27-9-8-25(40-31(44)21(3)34)16-23(27)12-15-36-29;7-5-3-1-2-4-6(5)8(9)10;/h4-9,12,15-16,19-20,22H,3,10-11,13-14,17-18H2,1-2H3,(H,40,44)(H2,37,38,41,42);1-4,7H;/q2*-1;. The van der Waals surface area contributed by atoms with Gasteiger partial charge in [-0.25, -0.2) is 4.39 Å². The molecule has 0 unspecified atom stereocenters. The first-order valence-corrected chi connectivity index (χ1v) is 17.5. The van der Waals surface area contributed by atoms with E-state index in [1.807, 2.05) is 36.5 Å². The summed E-state index contributed by atoms with van der Waals surface area (Å²) >= 11 is 0. The normalized spacial score (nSPS) is 12.7. The third-order valence-electron chi connectivity index (χ3n) is 9.04. The number of carbonyl (C=O) groups excluding carboxylic acids is 1. The van der Waals surface area contributed by atoms with Gasteiger partial charge in [-0.1, -0.05) is 87.5 Å². The van der Waals surface area contributed by atoms with Crippen LogP contribution in [0.5, 0.6) is 0 Å². The molecular weight excluding hydrogens is 778 g/mol. The van der Waals surface area contributed by atoms with E-state index < -0.39 is 16.7 Å². The number of nitro benzene ring substituents is 1. The molecular formula is C39H40FN11O3Y-2. The first-order chi connectivity index (χ1) is 26.1. The van der Waals surface area contributed by atoms with Crippen LogP contribution in [-0.4, -0.2) is 55.0 Å². The summed E-state index contributed by atoms with van der Waals surface area (Å²) in [7, 11) is 0. The number of halogens is 1. The Hall–Kier alpha value is -5.38. The van der Waals surface area contributed by atoms with Gasteiger partial charge < -0.3 is 27.0 Å². The Morgan fingerprint density at radius 2 is 1.82 bits per heavy atom. The molecule has 7 rings (SSSR count). The summed E-state index contributed by atoms with van der Waals surface area (Å²) in [5.74, 6) is 0.0723. The van der Waals surface area contributed by atoms with Gasteiger partial charge in [0.15, 0.2) is 11.5 Å². The Bertz CT molecular complexity index is 2310. The second-order valence-corrected chi connectivity index (χ2v) is 13.1. The smallest absolute Gasteiger partial charge is 0.283 e. The van der Waals surface area contributed by atoms with Crippen LogP contribution in [0.1, 0.15) is 43.7 Å². The molecule has 4 N–H and O–H groups in total. The average Bonchev–Trinajstić information content (AvgIpc) is 3.61. The number of nitrogens with one attached hydrogen (secondary N) is 4. The van der Waals surface area contributed by atoms with E-state index in [1.54, 1.807) is 28.9 Å². The third kappa shape index (κ3) is 10.0. The molecule has 281 valence electrons. The molecule has 0 atom stereocenters. The maximum atomic E-state index is 13.2. The van der Waals surface area contributed by atoms with Gasteiger partial charge >= 0.3 is 0 Å². The Kier molecular flexibility index (Phi) is 13.9. The predicted molar refractivity (Wildman–Crippen MR) is 210 cm³/mol. The van der Waals surface area contributed by atoms with E-state index in [4.69, 9.17) is 20.7 Å². The molecule has 0 saturated carbocycles. The first-order valence-electron chi connectivity index (χ1n) is 17.5. The molecule has 3 aromatic heterocycles. The van der Waals surface area contributed by atoms with Gasteiger partial charge in [0.25, 0.3) is 11.6 Å². The van der Waals surface area contributed by atoms with Gasteiger partial charge in [-0.15, -0.1) is 13.1 Å². The van der Waals surface area contributed by atoms with Gasteiger partial charge in [0.1, 0.15) is 0 Å². The van der Waals surface area contributed by atoms with Crippen LogP contribution in [0.3, 0.4) is 0 Å². The van der Waals surface area contributed by atoms with Crippen molar-refractivity contribution in [1.82, 2.24) is 24.6 Å². The van der Waals surface area contributed by atoms with E-state index in [9.17, 15) is 19.3 Å². The zero-order valence-corrected chi connectivity index (χ0v) is 33.3. The van der Waals surface area contributed by atoms with E-state index in [-0.39, 0.29) is 50.0 Å². The van der Waals surface area contributed by atoms with Crippen LogP contribution < -0.4 is 16.0 Å². The number of carbonyl (C=O) groups is 1. The number of hydrogen-bond donors (Lipinski definition) is 3. The summed E-state index contributed by atoms with van der Waals surface area (Å²) in [5, 5.41) is 30.5. The van der Waals surface area contributed by atoms with Crippen molar-refractivity contribution in [3.63, 3.8) is 0 Å². The number of benzene rings is 3. The summed E-state index contributed by atoms with van der Waals surface area (Å²) in [4.78, 5) is 35.7. The number of rotatable bonds is 11. The van der Waals surface area contributed by atoms with E-state index in [2.05, 4.69) is 52.9 Å². The number of hydrogen-bond acceptors (Lipinski definition) is 9. The molecule has 1 saturated heterocycles. The Balaban J connectivity index is 0.000000460. The number of para-hydroxylation sites is 1. The molecule has 0 bridgehead atoms. The third-order valence-corrected chi connectivity index (χ3v) is 9.04. The van der Waals surface area contributed by atoms with Crippen molar-refractivity contribution in [3.05, 3.63) is 130 Å². The maximum Gasteiger partial charge on any atom is 0.283 e. The maximum absolute atomic E-state index is 13.2. The minimum Gasteiger partial charge on any atom is -0.693 e. The van der Waals surface area contributed by atoms with Gasteiger partial charge in [-0.05, 0) is 41.0 Å². The van der Waals surface area contributed by atoms with Gasteiger partial charge in [0, 0.05) is 80.3 Å². The fourth-order valence-electron chi connectivity index (χ4n) is 6.12. The second-order valence-electron chi connectivity index (χ2n) is 13.1. The number of piperidine rings is 1. The van der Waals surface area contributed by atoms with Crippen molar-refractivity contribution in [2.45, 2.75) is 39.2 Å². The van der Waals surface area contributed by atoms with Gasteiger partial charge in [0.05, 0.1) is 16.8 Å². The van der Waals surface area contributed by atoms with Crippen LogP contribution in [0.2, 0.25) is 0 Å². The number of amides is 1. The summed E-state index contributed by atoms with van der Waals surface area (Å²) in [6.07, 6.45) is 5.74. The predicted octanol–water partition coefficient (Wildman–Crippen LogP) is 8.97. The summed E-state index contributed by atoms with van der Waals surface area (Å²) in [6.45, 7) is 10.4. The quantitative estimate of drug-likeness (QED) is 0.0651. The Morgan fingerprint density at radius 1 is 1.07 bits per heavy atom. The molecule has 1 aliphatic heterocycles. The number of fused-ring (bicyclic) bond motifs is 2. The molecule has 14 nitrogen and oxygen atoms in total. The van der Waals surface area contributed by atoms with Crippen molar-refractivity contribution in [2.75, 3.05) is 35.6 Å². The number of pyridine rings is 1. The van der Waals surface area contributed by atoms with Crippen LogP contribution in [0.15, 0.2) is 97.6 Å². The van der Waals surface area contributed by atoms with Crippen LogP contribution in [0.25, 0.3) is 38.7 Å². The van der Waals surface area contributed by atoms with Crippen LogP contribution in [0.4, 0.5) is 33.3 Å². The fourth-order valence-corrected chi connectivity index (χ4v) is 6.12.